The molecule has 0 atom stereocenters. The van der Waals surface area contributed by atoms with Crippen LogP contribution in [0.5, 0.6) is 0 Å². The molecule has 2 rings (SSSR count). The zero-order chi connectivity index (χ0) is 18.3. The van der Waals surface area contributed by atoms with Gasteiger partial charge >= 0.3 is 20.4 Å². The van der Waals surface area contributed by atoms with Crippen LogP contribution >= 0.6 is 15.8 Å². The molecule has 0 amide bonds. The number of hydrogen-bond donors (Lipinski definition) is 0. The fourth-order valence-corrected chi connectivity index (χ4v) is 11.1. The van der Waals surface area contributed by atoms with Crippen molar-refractivity contribution in [3.05, 3.63) is 30.0 Å². The second kappa shape index (κ2) is 19.8. The molecular formula is C22H41Cl2FeP2Pd. The van der Waals surface area contributed by atoms with Crippen LogP contribution in [0, 0.1) is 6.42 Å². The van der Waals surface area contributed by atoms with Crippen molar-refractivity contribution in [3.8, 4) is 0 Å². The Hall–Kier alpha value is 2.10. The minimum atomic E-state index is 0. The quantitative estimate of drug-likeness (QED) is 0.324. The molecule has 0 heterocycles. The molecule has 0 unspecified atom stereocenters. The van der Waals surface area contributed by atoms with Crippen LogP contribution in [0.25, 0.3) is 0 Å². The first-order chi connectivity index (χ1) is 11.3. The maximum Gasteiger partial charge on any atom is 2.00 e. The summed E-state index contributed by atoms with van der Waals surface area (Å²) in [7, 11) is 0.383. The van der Waals surface area contributed by atoms with Gasteiger partial charge < -0.3 is 24.8 Å². The van der Waals surface area contributed by atoms with Gasteiger partial charge in [-0.2, -0.15) is 0 Å². The van der Waals surface area contributed by atoms with E-state index < -0.39 is 0 Å². The Labute approximate surface area is 216 Å². The van der Waals surface area contributed by atoms with Crippen molar-refractivity contribution in [2.75, 3.05) is 0 Å². The Kier molecular flexibility index (Phi) is 26.4. The Balaban J connectivity index is -0.000000180. The molecule has 0 spiro atoms. The van der Waals surface area contributed by atoms with Crippen LogP contribution in [0.4, 0.5) is 0 Å². The van der Waals surface area contributed by atoms with Crippen LogP contribution in [0.15, 0.2) is 23.5 Å². The number of halogens is 2. The fourth-order valence-electron chi connectivity index (χ4n) is 4.37. The zero-order valence-electron chi connectivity index (χ0n) is 18.8. The van der Waals surface area contributed by atoms with E-state index in [-0.39, 0.29) is 70.2 Å². The van der Waals surface area contributed by atoms with Crippen LogP contribution in [0.2, 0.25) is 0 Å². The molecule has 1 saturated carbocycles. The smallest absolute Gasteiger partial charge is 1.00 e. The normalized spacial score (nSPS) is 15.9. The van der Waals surface area contributed by atoms with E-state index in [4.69, 9.17) is 0 Å². The molecule has 0 aliphatic heterocycles. The predicted octanol–water partition coefficient (Wildman–Crippen LogP) is 2.17. The average Bonchev–Trinajstić information content (AvgIpc) is 3.11. The summed E-state index contributed by atoms with van der Waals surface area (Å²) in [6, 6.07) is 0. The van der Waals surface area contributed by atoms with Gasteiger partial charge in [0.2, 0.25) is 0 Å². The zero-order valence-corrected chi connectivity index (χ0v) is 24.8. The van der Waals surface area contributed by atoms with Crippen LogP contribution in [-0.2, 0) is 37.5 Å². The van der Waals surface area contributed by atoms with E-state index in [9.17, 15) is 0 Å². The summed E-state index contributed by atoms with van der Waals surface area (Å²) in [5.41, 5.74) is 4.62. The van der Waals surface area contributed by atoms with Gasteiger partial charge in [0.05, 0.1) is 0 Å². The van der Waals surface area contributed by atoms with Gasteiger partial charge in [0, 0.05) is 23.5 Å². The van der Waals surface area contributed by atoms with Crippen molar-refractivity contribution in [2.45, 2.75) is 109 Å². The van der Waals surface area contributed by atoms with Gasteiger partial charge in [0.15, 0.2) is 0 Å². The summed E-state index contributed by atoms with van der Waals surface area (Å²) in [5, 5.41) is 1.56. The Bertz CT molecular complexity index is 405. The molecule has 171 valence electrons. The third kappa shape index (κ3) is 12.8. The predicted molar refractivity (Wildman–Crippen MR) is 118 cm³/mol. The van der Waals surface area contributed by atoms with Crippen molar-refractivity contribution in [1.82, 2.24) is 0 Å². The first kappa shape index (κ1) is 37.4. The first-order valence-electron chi connectivity index (χ1n) is 10.0. The van der Waals surface area contributed by atoms with Crippen LogP contribution in [0.1, 0.15) is 81.1 Å². The molecule has 2 aliphatic rings. The second-order valence-electron chi connectivity index (χ2n) is 8.31. The first-order valence-corrected chi connectivity index (χ1v) is 13.1. The third-order valence-electron chi connectivity index (χ3n) is 4.99. The standard InChI is InChI=1S/C11H23P.C11H18P.2ClH.Fe.Pd/c2*1-9(2)12(10(3)4)11-7-5-6-8-11;;;;/h9-11H,5-8H2,1-4H3;5-10H,1-4H3;2*1H;;/q;;;;;+2/p-2. The summed E-state index contributed by atoms with van der Waals surface area (Å²) >= 11 is 0. The fraction of sp³-hybridized carbons (Fsp3) is 0.773. The Morgan fingerprint density at radius 1 is 0.750 bits per heavy atom. The van der Waals surface area contributed by atoms with Crippen molar-refractivity contribution < 1.29 is 62.3 Å². The molecule has 6 heteroatoms. The molecule has 0 aromatic rings. The maximum absolute atomic E-state index is 2.42. The third-order valence-corrected chi connectivity index (χ3v) is 11.9. The van der Waals surface area contributed by atoms with Crippen molar-refractivity contribution in [1.29, 1.82) is 0 Å². The molecule has 2 aliphatic carbocycles. The summed E-state index contributed by atoms with van der Waals surface area (Å²) in [5.74, 6) is 0. The Morgan fingerprint density at radius 3 is 1.46 bits per heavy atom. The number of rotatable bonds is 6. The summed E-state index contributed by atoms with van der Waals surface area (Å²) in [6.07, 6.45) is 14.9. The monoisotopic (exact) mass is 599 g/mol. The van der Waals surface area contributed by atoms with Gasteiger partial charge in [0.25, 0.3) is 0 Å². The number of allylic oxidation sites excluding steroid dienone is 4. The van der Waals surface area contributed by atoms with Gasteiger partial charge in [-0.1, -0.05) is 102 Å². The molecular weight excluding hydrogens is 559 g/mol. The van der Waals surface area contributed by atoms with Crippen molar-refractivity contribution in [2.24, 2.45) is 0 Å². The van der Waals surface area contributed by atoms with E-state index in [0.717, 1.165) is 28.3 Å². The SMILES string of the molecule is CC(C)P(C(C)C)C1CCCC1.CC(C)P(C1=CC=C[CH]1)C(C)C.[Cl-].[Cl-].[Fe].[Pd+2]. The Morgan fingerprint density at radius 2 is 1.18 bits per heavy atom. The molecule has 0 saturated heterocycles. The molecule has 0 bridgehead atoms. The molecule has 0 aromatic heterocycles. The van der Waals surface area contributed by atoms with Gasteiger partial charge in [-0.15, -0.1) is 0 Å². The van der Waals surface area contributed by atoms with E-state index in [1.54, 1.807) is 5.31 Å². The van der Waals surface area contributed by atoms with E-state index in [0.29, 0.717) is 7.92 Å². The largest absolute Gasteiger partial charge is 2.00 e. The van der Waals surface area contributed by atoms with Crippen LogP contribution in [0.3, 0.4) is 0 Å². The van der Waals surface area contributed by atoms with E-state index in [1.165, 1.54) is 25.7 Å². The van der Waals surface area contributed by atoms with Gasteiger partial charge in [-0.05, 0) is 46.5 Å². The molecule has 1 fully saturated rings. The molecule has 28 heavy (non-hydrogen) atoms. The summed E-state index contributed by atoms with van der Waals surface area (Å²) < 4.78 is 0. The second-order valence-corrected chi connectivity index (χ2v) is 15.4. The average molecular weight is 601 g/mol. The number of hydrogen-bond acceptors (Lipinski definition) is 0. The molecule has 1 radical (unpaired) electrons. The minimum Gasteiger partial charge on any atom is -1.00 e. The van der Waals surface area contributed by atoms with E-state index in [1.807, 2.05) is 0 Å². The summed E-state index contributed by atoms with van der Waals surface area (Å²) in [6.45, 7) is 19.0. The summed E-state index contributed by atoms with van der Waals surface area (Å²) in [4.78, 5) is 0. The van der Waals surface area contributed by atoms with Crippen LogP contribution < -0.4 is 24.8 Å². The van der Waals surface area contributed by atoms with E-state index >= 15 is 0 Å². The van der Waals surface area contributed by atoms with E-state index in [2.05, 4.69) is 80.0 Å². The van der Waals surface area contributed by atoms with Gasteiger partial charge in [-0.25, -0.2) is 0 Å². The topological polar surface area (TPSA) is 0 Å². The van der Waals surface area contributed by atoms with Gasteiger partial charge in [0.1, 0.15) is 0 Å². The minimum absolute atomic E-state index is 0. The van der Waals surface area contributed by atoms with Gasteiger partial charge in [-0.3, -0.25) is 0 Å². The van der Waals surface area contributed by atoms with Crippen molar-refractivity contribution in [3.63, 3.8) is 0 Å². The molecule has 0 aromatic carbocycles. The maximum atomic E-state index is 2.42. The molecule has 0 nitrogen and oxygen atoms in total. The van der Waals surface area contributed by atoms with Crippen LogP contribution in [-0.4, -0.2) is 28.3 Å². The van der Waals surface area contributed by atoms with Crippen molar-refractivity contribution >= 4 is 15.8 Å². The molecule has 0 N–H and O–H groups in total.